The predicted molar refractivity (Wildman–Crippen MR) is 56.2 cm³/mol. The van der Waals surface area contributed by atoms with E-state index in [2.05, 4.69) is 0 Å². The molecule has 0 saturated carbocycles. The molecule has 1 unspecified atom stereocenters. The Morgan fingerprint density at radius 1 is 1.46 bits per heavy atom. The van der Waals surface area contributed by atoms with Gasteiger partial charge in [0.15, 0.2) is 0 Å². The summed E-state index contributed by atoms with van der Waals surface area (Å²) in [4.78, 5) is 0. The van der Waals surface area contributed by atoms with Crippen molar-refractivity contribution in [2.24, 2.45) is 0 Å². The van der Waals surface area contributed by atoms with E-state index in [0.717, 1.165) is 5.56 Å². The predicted octanol–water partition coefficient (Wildman–Crippen LogP) is 4.09. The molecule has 72 valence electrons. The Morgan fingerprint density at radius 3 is 2.54 bits per heavy atom. The molecule has 0 aliphatic heterocycles. The van der Waals surface area contributed by atoms with Crippen molar-refractivity contribution in [1.82, 2.24) is 0 Å². The van der Waals surface area contributed by atoms with Crippen molar-refractivity contribution < 1.29 is 9.09 Å². The Morgan fingerprint density at radius 2 is 2.08 bits per heavy atom. The molecule has 0 aliphatic carbocycles. The van der Waals surface area contributed by atoms with Crippen LogP contribution in [0.5, 0.6) is 5.75 Å². The fourth-order valence-corrected chi connectivity index (χ4v) is 1.90. The molecule has 0 amide bonds. The van der Waals surface area contributed by atoms with Gasteiger partial charge in [-0.05, 0) is 41.9 Å². The topological polar surface area (TPSA) is 26.3 Å². The summed E-state index contributed by atoms with van der Waals surface area (Å²) in [5.74, 6) is 0.505. The van der Waals surface area contributed by atoms with Gasteiger partial charge >= 0.3 is 6.72 Å². The van der Waals surface area contributed by atoms with Crippen LogP contribution in [0.3, 0.4) is 0 Å². The first-order chi connectivity index (χ1) is 5.88. The summed E-state index contributed by atoms with van der Waals surface area (Å²) in [6.07, 6.45) is 0. The zero-order chi connectivity index (χ0) is 10.1. The van der Waals surface area contributed by atoms with E-state index >= 15 is 0 Å². The minimum absolute atomic E-state index is 0.505. The van der Waals surface area contributed by atoms with Crippen molar-refractivity contribution in [3.8, 4) is 5.75 Å². The van der Waals surface area contributed by atoms with Crippen LogP contribution < -0.4 is 4.52 Å². The molecule has 0 aliphatic rings. The lowest BCUT2D eigenvalue weighted by molar-refractivity contribution is 0.502. The molecule has 5 heteroatoms. The number of aryl methyl sites for hydroxylation is 1. The first-order valence-electron chi connectivity index (χ1n) is 3.61. The lowest BCUT2D eigenvalue weighted by Gasteiger charge is -2.10. The summed E-state index contributed by atoms with van der Waals surface area (Å²) >= 11 is 11.2. The minimum atomic E-state index is -3.00. The second kappa shape index (κ2) is 3.91. The standard InChI is InChI=1S/C8H9Cl2O2P/c1-6-5-7(9)3-4-8(6)12-13(2,10)11/h3-5H,1-2H3. The quantitative estimate of drug-likeness (QED) is 0.726. The van der Waals surface area contributed by atoms with Crippen LogP contribution in [0.2, 0.25) is 5.02 Å². The maximum Gasteiger partial charge on any atom is 0.333 e. The van der Waals surface area contributed by atoms with Gasteiger partial charge in [0.05, 0.1) is 0 Å². The second-order valence-corrected chi connectivity index (χ2v) is 6.70. The lowest BCUT2D eigenvalue weighted by Crippen LogP contribution is -1.87. The number of halogens is 2. The average molecular weight is 239 g/mol. The maximum atomic E-state index is 11.1. The van der Waals surface area contributed by atoms with Crippen molar-refractivity contribution in [1.29, 1.82) is 0 Å². The van der Waals surface area contributed by atoms with Gasteiger partial charge in [0.2, 0.25) is 0 Å². The summed E-state index contributed by atoms with van der Waals surface area (Å²) in [5.41, 5.74) is 0.815. The number of hydrogen-bond acceptors (Lipinski definition) is 2. The molecule has 0 N–H and O–H groups in total. The highest BCUT2D eigenvalue weighted by atomic mass is 35.7. The zero-order valence-corrected chi connectivity index (χ0v) is 9.66. The Hall–Kier alpha value is -0.170. The maximum absolute atomic E-state index is 11.1. The van der Waals surface area contributed by atoms with Crippen LogP contribution in [0.4, 0.5) is 0 Å². The van der Waals surface area contributed by atoms with E-state index in [-0.39, 0.29) is 0 Å². The Labute approximate surface area is 87.0 Å². The molecule has 1 rings (SSSR count). The van der Waals surface area contributed by atoms with Gasteiger partial charge < -0.3 is 4.52 Å². The largest absolute Gasteiger partial charge is 0.433 e. The molecule has 0 spiro atoms. The molecular weight excluding hydrogens is 230 g/mol. The number of rotatable bonds is 2. The van der Waals surface area contributed by atoms with E-state index in [1.165, 1.54) is 6.66 Å². The summed E-state index contributed by atoms with van der Waals surface area (Å²) in [6, 6.07) is 5.04. The van der Waals surface area contributed by atoms with Crippen LogP contribution in [0.25, 0.3) is 0 Å². The molecular formula is C8H9Cl2O2P. The summed E-state index contributed by atoms with van der Waals surface area (Å²) in [6.45, 7) is 0.163. The normalized spacial score (nSPS) is 15.1. The second-order valence-electron chi connectivity index (χ2n) is 2.75. The highest BCUT2D eigenvalue weighted by Gasteiger charge is 2.13. The highest BCUT2D eigenvalue weighted by molar-refractivity contribution is 7.85. The van der Waals surface area contributed by atoms with E-state index in [1.54, 1.807) is 18.2 Å². The smallest absolute Gasteiger partial charge is 0.333 e. The summed E-state index contributed by atoms with van der Waals surface area (Å²) in [5, 5.41) is 0.616. The van der Waals surface area contributed by atoms with Crippen molar-refractivity contribution in [3.05, 3.63) is 28.8 Å². The molecule has 2 nitrogen and oxygen atoms in total. The van der Waals surface area contributed by atoms with Crippen molar-refractivity contribution in [2.45, 2.75) is 6.92 Å². The Bertz CT molecular complexity index is 359. The van der Waals surface area contributed by atoms with Crippen LogP contribution in [-0.2, 0) is 4.57 Å². The molecule has 13 heavy (non-hydrogen) atoms. The van der Waals surface area contributed by atoms with E-state index in [0.29, 0.717) is 10.8 Å². The first-order valence-corrected chi connectivity index (χ1v) is 6.97. The van der Waals surface area contributed by atoms with Gasteiger partial charge in [-0.1, -0.05) is 11.6 Å². The monoisotopic (exact) mass is 238 g/mol. The van der Waals surface area contributed by atoms with Gasteiger partial charge in [-0.3, -0.25) is 4.57 Å². The van der Waals surface area contributed by atoms with Gasteiger partial charge in [0.1, 0.15) is 5.75 Å². The molecule has 0 bridgehead atoms. The fraction of sp³-hybridized carbons (Fsp3) is 0.250. The SMILES string of the molecule is Cc1cc(Cl)ccc1OP(C)(=O)Cl. The van der Waals surface area contributed by atoms with E-state index < -0.39 is 6.72 Å². The molecule has 0 saturated heterocycles. The lowest BCUT2D eigenvalue weighted by atomic mass is 10.2. The molecule has 1 atom stereocenters. The molecule has 1 aromatic carbocycles. The van der Waals surface area contributed by atoms with Crippen molar-refractivity contribution in [3.63, 3.8) is 0 Å². The Kier molecular flexibility index (Phi) is 3.28. The Balaban J connectivity index is 2.97. The molecule has 0 radical (unpaired) electrons. The fourth-order valence-electron chi connectivity index (χ4n) is 0.891. The van der Waals surface area contributed by atoms with Gasteiger partial charge in [-0.15, -0.1) is 0 Å². The third kappa shape index (κ3) is 3.60. The summed E-state index contributed by atoms with van der Waals surface area (Å²) < 4.78 is 16.2. The van der Waals surface area contributed by atoms with Crippen LogP contribution in [0, 0.1) is 6.92 Å². The number of benzene rings is 1. The highest BCUT2D eigenvalue weighted by Crippen LogP contribution is 2.48. The zero-order valence-electron chi connectivity index (χ0n) is 7.25. The third-order valence-corrected chi connectivity index (χ3v) is 2.36. The number of hydrogen-bond donors (Lipinski definition) is 0. The van der Waals surface area contributed by atoms with Gasteiger partial charge in [0, 0.05) is 11.7 Å². The van der Waals surface area contributed by atoms with Crippen LogP contribution in [0.1, 0.15) is 5.56 Å². The van der Waals surface area contributed by atoms with Gasteiger partial charge in [0.25, 0.3) is 0 Å². The molecule has 1 aromatic rings. The van der Waals surface area contributed by atoms with Crippen molar-refractivity contribution >= 4 is 29.6 Å². The molecule has 0 heterocycles. The van der Waals surface area contributed by atoms with E-state index in [9.17, 15) is 4.57 Å². The van der Waals surface area contributed by atoms with Crippen LogP contribution in [0.15, 0.2) is 18.2 Å². The minimum Gasteiger partial charge on any atom is -0.433 e. The van der Waals surface area contributed by atoms with E-state index in [4.69, 9.17) is 27.4 Å². The van der Waals surface area contributed by atoms with Crippen LogP contribution in [-0.4, -0.2) is 6.66 Å². The van der Waals surface area contributed by atoms with Gasteiger partial charge in [-0.2, -0.15) is 0 Å². The average Bonchev–Trinajstić information content (AvgIpc) is 1.93. The third-order valence-electron chi connectivity index (χ3n) is 1.40. The van der Waals surface area contributed by atoms with E-state index in [1.807, 2.05) is 6.92 Å². The molecule has 0 aromatic heterocycles. The summed E-state index contributed by atoms with van der Waals surface area (Å²) in [7, 11) is 0. The first kappa shape index (κ1) is 10.9. The van der Waals surface area contributed by atoms with Crippen molar-refractivity contribution in [2.75, 3.05) is 6.66 Å². The van der Waals surface area contributed by atoms with Gasteiger partial charge in [-0.25, -0.2) is 0 Å². The molecule has 0 fully saturated rings. The van der Waals surface area contributed by atoms with Crippen LogP contribution >= 0.6 is 29.6 Å².